The summed E-state index contributed by atoms with van der Waals surface area (Å²) in [5.74, 6) is -1.42. The van der Waals surface area contributed by atoms with E-state index in [0.717, 1.165) is 30.9 Å². The van der Waals surface area contributed by atoms with Gasteiger partial charge in [-0.2, -0.15) is 0 Å². The number of rotatable bonds is 5. The standard InChI is InChI=1S/C16H19F2N3/c1-3-21(4-2)13-7-5-12(6-8-13)20-16-14(17)9-11(19)10-15(16)18/h5-10,20H,3-4,19H2,1-2H3. The highest BCUT2D eigenvalue weighted by Crippen LogP contribution is 2.26. The Morgan fingerprint density at radius 1 is 1.00 bits per heavy atom. The molecule has 3 N–H and O–H groups in total. The SMILES string of the molecule is CCN(CC)c1ccc(Nc2c(F)cc(N)cc2F)cc1. The van der Waals surface area contributed by atoms with Gasteiger partial charge in [0, 0.05) is 30.2 Å². The summed E-state index contributed by atoms with van der Waals surface area (Å²) in [5.41, 5.74) is 6.95. The van der Waals surface area contributed by atoms with Gasteiger partial charge in [0.1, 0.15) is 5.69 Å². The fraction of sp³-hybridized carbons (Fsp3) is 0.250. The normalized spacial score (nSPS) is 10.5. The van der Waals surface area contributed by atoms with Crippen LogP contribution in [0.3, 0.4) is 0 Å². The van der Waals surface area contributed by atoms with Crippen LogP contribution in [0.15, 0.2) is 36.4 Å². The van der Waals surface area contributed by atoms with Crippen molar-refractivity contribution >= 4 is 22.7 Å². The van der Waals surface area contributed by atoms with Crippen molar-refractivity contribution in [3.63, 3.8) is 0 Å². The van der Waals surface area contributed by atoms with Gasteiger partial charge < -0.3 is 16.0 Å². The highest BCUT2D eigenvalue weighted by Gasteiger charge is 2.10. The molecule has 0 saturated heterocycles. The molecule has 0 fully saturated rings. The molecule has 5 heteroatoms. The number of nitrogen functional groups attached to an aromatic ring is 1. The van der Waals surface area contributed by atoms with E-state index in [1.165, 1.54) is 0 Å². The molecule has 0 saturated carbocycles. The fourth-order valence-electron chi connectivity index (χ4n) is 2.20. The maximum Gasteiger partial charge on any atom is 0.151 e. The van der Waals surface area contributed by atoms with Crippen LogP contribution >= 0.6 is 0 Å². The molecule has 0 unspecified atom stereocenters. The number of halogens is 2. The minimum absolute atomic E-state index is 0.0624. The highest BCUT2D eigenvalue weighted by molar-refractivity contribution is 5.65. The first kappa shape index (κ1) is 15.1. The first-order valence-corrected chi connectivity index (χ1v) is 6.91. The molecule has 0 aliphatic heterocycles. The lowest BCUT2D eigenvalue weighted by molar-refractivity contribution is 0.592. The smallest absolute Gasteiger partial charge is 0.151 e. The highest BCUT2D eigenvalue weighted by atomic mass is 19.1. The van der Waals surface area contributed by atoms with E-state index in [1.807, 2.05) is 12.1 Å². The number of nitrogens with one attached hydrogen (secondary N) is 1. The predicted molar refractivity (Wildman–Crippen MR) is 84.1 cm³/mol. The maximum atomic E-state index is 13.7. The molecule has 0 aromatic heterocycles. The van der Waals surface area contributed by atoms with E-state index in [9.17, 15) is 8.78 Å². The first-order chi connectivity index (χ1) is 10.0. The Kier molecular flexibility index (Phi) is 4.62. The van der Waals surface area contributed by atoms with Gasteiger partial charge in [-0.1, -0.05) is 0 Å². The zero-order valence-corrected chi connectivity index (χ0v) is 12.2. The third-order valence-corrected chi connectivity index (χ3v) is 3.33. The summed E-state index contributed by atoms with van der Waals surface area (Å²) in [4.78, 5) is 2.19. The van der Waals surface area contributed by atoms with Crippen LogP contribution in [0.1, 0.15) is 13.8 Å². The van der Waals surface area contributed by atoms with Crippen molar-refractivity contribution in [2.75, 3.05) is 29.0 Å². The minimum atomic E-state index is -0.708. The van der Waals surface area contributed by atoms with E-state index in [2.05, 4.69) is 24.1 Å². The molecule has 0 amide bonds. The maximum absolute atomic E-state index is 13.7. The van der Waals surface area contributed by atoms with E-state index in [-0.39, 0.29) is 11.4 Å². The van der Waals surface area contributed by atoms with Crippen LogP contribution in [0.25, 0.3) is 0 Å². The topological polar surface area (TPSA) is 41.3 Å². The molecule has 0 aliphatic rings. The zero-order valence-electron chi connectivity index (χ0n) is 12.2. The van der Waals surface area contributed by atoms with Crippen LogP contribution in [0.5, 0.6) is 0 Å². The molecule has 2 rings (SSSR count). The van der Waals surface area contributed by atoms with Crippen LogP contribution in [0.4, 0.5) is 31.5 Å². The number of nitrogens with two attached hydrogens (primary N) is 1. The Morgan fingerprint density at radius 2 is 1.52 bits per heavy atom. The van der Waals surface area contributed by atoms with Crippen molar-refractivity contribution in [2.45, 2.75) is 13.8 Å². The first-order valence-electron chi connectivity index (χ1n) is 6.91. The number of hydrogen-bond donors (Lipinski definition) is 2. The summed E-state index contributed by atoms with van der Waals surface area (Å²) in [7, 11) is 0. The Hall–Kier alpha value is -2.30. The Labute approximate surface area is 123 Å². The lowest BCUT2D eigenvalue weighted by Gasteiger charge is -2.21. The lowest BCUT2D eigenvalue weighted by Crippen LogP contribution is -2.21. The van der Waals surface area contributed by atoms with Gasteiger partial charge in [0.2, 0.25) is 0 Å². The second-order valence-electron chi connectivity index (χ2n) is 4.70. The monoisotopic (exact) mass is 291 g/mol. The molecule has 3 nitrogen and oxygen atoms in total. The van der Waals surface area contributed by atoms with Gasteiger partial charge >= 0.3 is 0 Å². The minimum Gasteiger partial charge on any atom is -0.399 e. The molecule has 2 aromatic rings. The summed E-state index contributed by atoms with van der Waals surface area (Å²) in [6, 6.07) is 9.61. The van der Waals surface area contributed by atoms with Crippen molar-refractivity contribution in [3.05, 3.63) is 48.0 Å². The summed E-state index contributed by atoms with van der Waals surface area (Å²) in [6.45, 7) is 5.97. The quantitative estimate of drug-likeness (QED) is 0.814. The molecular formula is C16H19F2N3. The van der Waals surface area contributed by atoms with Gasteiger partial charge in [-0.25, -0.2) is 8.78 Å². The van der Waals surface area contributed by atoms with Crippen LogP contribution < -0.4 is 16.0 Å². The average molecular weight is 291 g/mol. The molecule has 2 aromatic carbocycles. The van der Waals surface area contributed by atoms with Crippen molar-refractivity contribution in [1.82, 2.24) is 0 Å². The average Bonchev–Trinajstić information content (AvgIpc) is 2.45. The molecule has 0 spiro atoms. The van der Waals surface area contributed by atoms with Gasteiger partial charge in [-0.05, 0) is 50.2 Å². The van der Waals surface area contributed by atoms with Crippen LogP contribution in [-0.2, 0) is 0 Å². The van der Waals surface area contributed by atoms with Crippen LogP contribution in [0, 0.1) is 11.6 Å². The second kappa shape index (κ2) is 6.43. The van der Waals surface area contributed by atoms with Crippen LogP contribution in [-0.4, -0.2) is 13.1 Å². The van der Waals surface area contributed by atoms with Crippen molar-refractivity contribution < 1.29 is 8.78 Å². The molecular weight excluding hydrogens is 272 g/mol. The van der Waals surface area contributed by atoms with Gasteiger partial charge in [0.15, 0.2) is 11.6 Å². The van der Waals surface area contributed by atoms with Crippen molar-refractivity contribution in [2.24, 2.45) is 0 Å². The third-order valence-electron chi connectivity index (χ3n) is 3.33. The van der Waals surface area contributed by atoms with E-state index in [4.69, 9.17) is 5.73 Å². The van der Waals surface area contributed by atoms with Gasteiger partial charge in [-0.15, -0.1) is 0 Å². The summed E-state index contributed by atoms with van der Waals surface area (Å²) in [5, 5.41) is 2.75. The Bertz CT molecular complexity index is 584. The largest absolute Gasteiger partial charge is 0.399 e. The Balaban J connectivity index is 2.21. The molecule has 112 valence electrons. The predicted octanol–water partition coefficient (Wildman–Crippen LogP) is 4.14. The molecule has 0 radical (unpaired) electrons. The fourth-order valence-corrected chi connectivity index (χ4v) is 2.20. The molecule has 0 atom stereocenters. The van der Waals surface area contributed by atoms with Gasteiger partial charge in [0.05, 0.1) is 0 Å². The summed E-state index contributed by atoms with van der Waals surface area (Å²) >= 11 is 0. The lowest BCUT2D eigenvalue weighted by atomic mass is 10.2. The van der Waals surface area contributed by atoms with Crippen molar-refractivity contribution in [1.29, 1.82) is 0 Å². The van der Waals surface area contributed by atoms with Gasteiger partial charge in [0.25, 0.3) is 0 Å². The number of hydrogen-bond acceptors (Lipinski definition) is 3. The van der Waals surface area contributed by atoms with E-state index in [0.29, 0.717) is 5.69 Å². The second-order valence-corrected chi connectivity index (χ2v) is 4.70. The van der Waals surface area contributed by atoms with Crippen molar-refractivity contribution in [3.8, 4) is 0 Å². The summed E-state index contributed by atoms with van der Waals surface area (Å²) in [6.07, 6.45) is 0. The zero-order chi connectivity index (χ0) is 15.4. The summed E-state index contributed by atoms with van der Waals surface area (Å²) < 4.78 is 27.4. The van der Waals surface area contributed by atoms with E-state index in [1.54, 1.807) is 12.1 Å². The Morgan fingerprint density at radius 3 is 2.00 bits per heavy atom. The van der Waals surface area contributed by atoms with Crippen LogP contribution in [0.2, 0.25) is 0 Å². The number of benzene rings is 2. The molecule has 0 aliphatic carbocycles. The third kappa shape index (κ3) is 3.42. The van der Waals surface area contributed by atoms with E-state index >= 15 is 0 Å². The van der Waals surface area contributed by atoms with Gasteiger partial charge in [-0.3, -0.25) is 0 Å². The van der Waals surface area contributed by atoms with E-state index < -0.39 is 11.6 Å². The molecule has 21 heavy (non-hydrogen) atoms. The number of anilines is 4. The number of nitrogens with zero attached hydrogens (tertiary/aromatic N) is 1. The molecule has 0 heterocycles. The molecule has 0 bridgehead atoms.